The zero-order valence-corrected chi connectivity index (χ0v) is 11.7. The summed E-state index contributed by atoms with van der Waals surface area (Å²) in [5.41, 5.74) is 2.81. The van der Waals surface area contributed by atoms with Crippen LogP contribution >= 0.6 is 0 Å². The first-order valence-corrected chi connectivity index (χ1v) is 6.27. The predicted molar refractivity (Wildman–Crippen MR) is 78.5 cm³/mol. The van der Waals surface area contributed by atoms with Crippen LogP contribution in [0.3, 0.4) is 0 Å². The molecular formula is C16H17NO3. The molecule has 0 bridgehead atoms. The lowest BCUT2D eigenvalue weighted by atomic mass is 10.1. The van der Waals surface area contributed by atoms with Gasteiger partial charge in [-0.25, -0.2) is 0 Å². The van der Waals surface area contributed by atoms with Crippen molar-refractivity contribution in [2.24, 2.45) is 0 Å². The Labute approximate surface area is 118 Å². The Bertz CT molecular complexity index is 627. The first-order chi connectivity index (χ1) is 9.52. The van der Waals surface area contributed by atoms with Crippen LogP contribution in [-0.2, 0) is 0 Å². The highest BCUT2D eigenvalue weighted by Gasteiger charge is 2.12. The topological polar surface area (TPSA) is 58.6 Å². The Kier molecular flexibility index (Phi) is 3.94. The molecule has 0 saturated heterocycles. The van der Waals surface area contributed by atoms with Crippen molar-refractivity contribution in [3.8, 4) is 11.5 Å². The molecule has 0 aliphatic rings. The van der Waals surface area contributed by atoms with Gasteiger partial charge in [-0.3, -0.25) is 4.79 Å². The highest BCUT2D eigenvalue weighted by Crippen LogP contribution is 2.27. The van der Waals surface area contributed by atoms with E-state index < -0.39 is 0 Å². The van der Waals surface area contributed by atoms with Crippen LogP contribution in [0.25, 0.3) is 0 Å². The van der Waals surface area contributed by atoms with Crippen LogP contribution in [0.5, 0.6) is 11.5 Å². The molecule has 0 spiro atoms. The van der Waals surface area contributed by atoms with Crippen molar-refractivity contribution in [3.05, 3.63) is 53.1 Å². The van der Waals surface area contributed by atoms with E-state index in [0.717, 1.165) is 16.9 Å². The summed E-state index contributed by atoms with van der Waals surface area (Å²) in [6, 6.07) is 10.1. The number of rotatable bonds is 3. The molecule has 0 aliphatic carbocycles. The molecule has 4 nitrogen and oxygen atoms in total. The molecule has 2 aromatic carbocycles. The summed E-state index contributed by atoms with van der Waals surface area (Å²) in [6.07, 6.45) is 0. The maximum absolute atomic E-state index is 12.1. The second-order valence-electron chi connectivity index (χ2n) is 4.61. The van der Waals surface area contributed by atoms with Crippen molar-refractivity contribution in [2.75, 3.05) is 12.4 Å². The van der Waals surface area contributed by atoms with E-state index in [-0.39, 0.29) is 17.2 Å². The maximum atomic E-state index is 12.1. The lowest BCUT2D eigenvalue weighted by Gasteiger charge is -2.12. The van der Waals surface area contributed by atoms with E-state index in [0.29, 0.717) is 5.69 Å². The summed E-state index contributed by atoms with van der Waals surface area (Å²) in [5.74, 6) is 0.435. The van der Waals surface area contributed by atoms with Crippen molar-refractivity contribution in [1.82, 2.24) is 0 Å². The van der Waals surface area contributed by atoms with Gasteiger partial charge in [-0.1, -0.05) is 12.1 Å². The number of aromatic hydroxyl groups is 1. The summed E-state index contributed by atoms with van der Waals surface area (Å²) in [7, 11) is 1.62. The molecule has 2 aromatic rings. The van der Waals surface area contributed by atoms with Gasteiger partial charge in [-0.05, 0) is 49.2 Å². The molecule has 0 heterocycles. The number of methoxy groups -OCH3 is 1. The number of phenols is 1. The van der Waals surface area contributed by atoms with Gasteiger partial charge in [-0.2, -0.15) is 0 Å². The monoisotopic (exact) mass is 271 g/mol. The van der Waals surface area contributed by atoms with Gasteiger partial charge in [0, 0.05) is 5.69 Å². The minimum Gasteiger partial charge on any atom is -0.507 e. The van der Waals surface area contributed by atoms with Gasteiger partial charge in [-0.15, -0.1) is 0 Å². The Morgan fingerprint density at radius 1 is 1.15 bits per heavy atom. The molecule has 20 heavy (non-hydrogen) atoms. The highest BCUT2D eigenvalue weighted by atomic mass is 16.5. The number of ether oxygens (including phenoxy) is 1. The molecule has 0 saturated carbocycles. The third kappa shape index (κ3) is 2.74. The van der Waals surface area contributed by atoms with Crippen LogP contribution in [0.2, 0.25) is 0 Å². The number of aryl methyl sites for hydroxylation is 2. The zero-order valence-electron chi connectivity index (χ0n) is 11.7. The van der Waals surface area contributed by atoms with E-state index >= 15 is 0 Å². The van der Waals surface area contributed by atoms with Crippen LogP contribution in [-0.4, -0.2) is 18.1 Å². The quantitative estimate of drug-likeness (QED) is 0.900. The second-order valence-corrected chi connectivity index (χ2v) is 4.61. The molecule has 104 valence electrons. The predicted octanol–water partition coefficient (Wildman–Crippen LogP) is 3.27. The van der Waals surface area contributed by atoms with Gasteiger partial charge in [0.1, 0.15) is 11.5 Å². The van der Waals surface area contributed by atoms with Crippen molar-refractivity contribution < 1.29 is 14.6 Å². The van der Waals surface area contributed by atoms with E-state index in [9.17, 15) is 9.90 Å². The average molecular weight is 271 g/mol. The van der Waals surface area contributed by atoms with Crippen molar-refractivity contribution in [2.45, 2.75) is 13.8 Å². The van der Waals surface area contributed by atoms with E-state index in [2.05, 4.69) is 5.32 Å². The summed E-state index contributed by atoms with van der Waals surface area (Å²) in [4.78, 5) is 12.1. The number of carbonyl (C=O) groups is 1. The molecule has 0 atom stereocenters. The minimum absolute atomic E-state index is 0.0352. The van der Waals surface area contributed by atoms with Gasteiger partial charge >= 0.3 is 0 Å². The highest BCUT2D eigenvalue weighted by molar-refractivity contribution is 6.06. The minimum atomic E-state index is -0.341. The number of nitrogens with one attached hydrogen (secondary N) is 1. The fourth-order valence-electron chi connectivity index (χ4n) is 2.21. The van der Waals surface area contributed by atoms with E-state index in [4.69, 9.17) is 4.74 Å². The molecular weight excluding hydrogens is 254 g/mol. The van der Waals surface area contributed by atoms with Gasteiger partial charge in [0.25, 0.3) is 5.91 Å². The summed E-state index contributed by atoms with van der Waals surface area (Å²) in [6.45, 7) is 3.84. The van der Waals surface area contributed by atoms with Crippen molar-refractivity contribution in [1.29, 1.82) is 0 Å². The van der Waals surface area contributed by atoms with Crippen LogP contribution in [0.4, 0.5) is 5.69 Å². The fourth-order valence-corrected chi connectivity index (χ4v) is 2.21. The molecule has 2 N–H and O–H groups in total. The number of hydrogen-bond donors (Lipinski definition) is 2. The molecule has 1 amide bonds. The standard InChI is InChI=1S/C16H17NO3/c1-10-8-12(9-11(2)15(10)20-3)17-16(19)13-6-4-5-7-14(13)18/h4-9,18H,1-3H3,(H,17,19). The second kappa shape index (κ2) is 5.65. The zero-order chi connectivity index (χ0) is 14.7. The smallest absolute Gasteiger partial charge is 0.259 e. The van der Waals surface area contributed by atoms with Gasteiger partial charge in [0.15, 0.2) is 0 Å². The number of benzene rings is 2. The average Bonchev–Trinajstić information content (AvgIpc) is 2.38. The van der Waals surface area contributed by atoms with Crippen molar-refractivity contribution >= 4 is 11.6 Å². The van der Waals surface area contributed by atoms with Crippen LogP contribution in [0.15, 0.2) is 36.4 Å². The molecule has 0 radical (unpaired) electrons. The van der Waals surface area contributed by atoms with E-state index in [1.54, 1.807) is 25.3 Å². The normalized spacial score (nSPS) is 10.2. The number of para-hydroxylation sites is 1. The van der Waals surface area contributed by atoms with Crippen LogP contribution < -0.4 is 10.1 Å². The summed E-state index contributed by atoms with van der Waals surface area (Å²) >= 11 is 0. The Morgan fingerprint density at radius 2 is 1.75 bits per heavy atom. The number of amides is 1. The largest absolute Gasteiger partial charge is 0.507 e. The van der Waals surface area contributed by atoms with Crippen LogP contribution in [0, 0.1) is 13.8 Å². The molecule has 0 unspecified atom stereocenters. The lowest BCUT2D eigenvalue weighted by Crippen LogP contribution is -2.12. The van der Waals surface area contributed by atoms with E-state index in [1.165, 1.54) is 6.07 Å². The van der Waals surface area contributed by atoms with Crippen LogP contribution in [0.1, 0.15) is 21.5 Å². The van der Waals surface area contributed by atoms with Gasteiger partial charge < -0.3 is 15.2 Å². The summed E-state index contributed by atoms with van der Waals surface area (Å²) < 4.78 is 5.29. The molecule has 2 rings (SSSR count). The Balaban J connectivity index is 2.27. The summed E-state index contributed by atoms with van der Waals surface area (Å²) in [5, 5.41) is 12.4. The molecule has 0 aliphatic heterocycles. The van der Waals surface area contributed by atoms with Gasteiger partial charge in [0.2, 0.25) is 0 Å². The third-order valence-electron chi connectivity index (χ3n) is 3.07. The fraction of sp³-hybridized carbons (Fsp3) is 0.188. The molecule has 0 fully saturated rings. The SMILES string of the molecule is COc1c(C)cc(NC(=O)c2ccccc2O)cc1C. The Morgan fingerprint density at radius 3 is 2.30 bits per heavy atom. The molecule has 4 heteroatoms. The maximum Gasteiger partial charge on any atom is 0.259 e. The number of hydrogen-bond acceptors (Lipinski definition) is 3. The third-order valence-corrected chi connectivity index (χ3v) is 3.07. The number of carbonyl (C=O) groups excluding carboxylic acids is 1. The van der Waals surface area contributed by atoms with Gasteiger partial charge in [0.05, 0.1) is 12.7 Å². The number of anilines is 1. The molecule has 0 aromatic heterocycles. The lowest BCUT2D eigenvalue weighted by molar-refractivity contribution is 0.102. The van der Waals surface area contributed by atoms with Crippen molar-refractivity contribution in [3.63, 3.8) is 0 Å². The number of phenolic OH excluding ortho intramolecular Hbond substituents is 1. The first kappa shape index (κ1) is 13.9. The Hall–Kier alpha value is -2.49. The first-order valence-electron chi connectivity index (χ1n) is 6.27. The van der Waals surface area contributed by atoms with E-state index in [1.807, 2.05) is 26.0 Å².